The van der Waals surface area contributed by atoms with Crippen LogP contribution in [0.3, 0.4) is 0 Å². The van der Waals surface area contributed by atoms with E-state index in [1.54, 1.807) is 36.4 Å². The summed E-state index contributed by atoms with van der Waals surface area (Å²) in [6.45, 7) is 2.20. The molecule has 0 radical (unpaired) electrons. The maximum Gasteiger partial charge on any atom is 0.322 e. The molecule has 3 N–H and O–H groups in total. The molecule has 41 heavy (non-hydrogen) atoms. The highest BCUT2D eigenvalue weighted by Crippen LogP contribution is 2.27. The molecule has 0 unspecified atom stereocenters. The molecule has 11 nitrogen and oxygen atoms in total. The lowest BCUT2D eigenvalue weighted by Gasteiger charge is -2.27. The summed E-state index contributed by atoms with van der Waals surface area (Å²) in [5, 5.41) is 8.73. The van der Waals surface area contributed by atoms with Crippen LogP contribution in [0, 0.1) is 6.92 Å². The van der Waals surface area contributed by atoms with Gasteiger partial charge in [-0.25, -0.2) is 4.79 Å². The minimum Gasteiger partial charge on any atom is -0.489 e. The number of nitrogens with zero attached hydrogens (tertiary/aromatic N) is 3. The molecule has 6 rings (SSSR count). The van der Waals surface area contributed by atoms with E-state index in [1.165, 1.54) is 17.3 Å². The number of benzene rings is 2. The third-order valence-corrected chi connectivity index (χ3v) is 7.37. The predicted molar refractivity (Wildman–Crippen MR) is 148 cm³/mol. The van der Waals surface area contributed by atoms with Gasteiger partial charge in [0.25, 0.3) is 17.7 Å². The van der Waals surface area contributed by atoms with Crippen molar-refractivity contribution < 1.29 is 23.9 Å². The van der Waals surface area contributed by atoms with E-state index in [0.29, 0.717) is 23.5 Å². The van der Waals surface area contributed by atoms with Gasteiger partial charge in [0.1, 0.15) is 12.4 Å². The molecule has 2 aromatic carbocycles. The molecule has 0 aliphatic carbocycles. The quantitative estimate of drug-likeness (QED) is 0.313. The molecule has 2 aromatic heterocycles. The van der Waals surface area contributed by atoms with E-state index in [-0.39, 0.29) is 19.0 Å². The summed E-state index contributed by atoms with van der Waals surface area (Å²) in [6.07, 6.45) is 2.99. The fourth-order valence-corrected chi connectivity index (χ4v) is 5.33. The Bertz CT molecular complexity index is 1680. The lowest BCUT2D eigenvalue weighted by Crippen LogP contribution is -2.62. The molecular formula is C30H26N6O5. The van der Waals surface area contributed by atoms with Gasteiger partial charge in [0, 0.05) is 46.7 Å². The zero-order valence-electron chi connectivity index (χ0n) is 22.1. The molecular weight excluding hydrogens is 524 g/mol. The van der Waals surface area contributed by atoms with Gasteiger partial charge >= 0.3 is 6.03 Å². The van der Waals surface area contributed by atoms with Gasteiger partial charge < -0.3 is 20.3 Å². The van der Waals surface area contributed by atoms with E-state index >= 15 is 0 Å². The van der Waals surface area contributed by atoms with Crippen LogP contribution in [0.4, 0.5) is 4.79 Å². The number of urea groups is 1. The first kappa shape index (κ1) is 25.9. The Morgan fingerprint density at radius 1 is 1.05 bits per heavy atom. The SMILES string of the molecule is Cc1cc(COc2ccc(C(=O)N[C@@H]3CN(C(=O)c4ccncc4)C[C@]34NC(=O)NC4=O)cc2)c2ccccc2n1. The highest BCUT2D eigenvalue weighted by Gasteiger charge is 2.58. The largest absolute Gasteiger partial charge is 0.489 e. The Labute approximate surface area is 234 Å². The van der Waals surface area contributed by atoms with E-state index in [2.05, 4.69) is 25.9 Å². The van der Waals surface area contributed by atoms with Gasteiger partial charge in [-0.15, -0.1) is 0 Å². The summed E-state index contributed by atoms with van der Waals surface area (Å²) in [7, 11) is 0. The second-order valence-corrected chi connectivity index (χ2v) is 10.1. The number of para-hydroxylation sites is 1. The molecule has 2 fully saturated rings. The molecule has 1 spiro atoms. The number of aryl methyl sites for hydroxylation is 1. The van der Waals surface area contributed by atoms with Crippen LogP contribution >= 0.6 is 0 Å². The first-order valence-electron chi connectivity index (χ1n) is 13.0. The van der Waals surface area contributed by atoms with Crippen molar-refractivity contribution in [3.8, 4) is 5.75 Å². The van der Waals surface area contributed by atoms with Gasteiger partial charge in [0.2, 0.25) is 0 Å². The van der Waals surface area contributed by atoms with E-state index in [0.717, 1.165) is 22.2 Å². The van der Waals surface area contributed by atoms with Gasteiger partial charge in [-0.3, -0.25) is 29.7 Å². The van der Waals surface area contributed by atoms with E-state index in [4.69, 9.17) is 4.74 Å². The van der Waals surface area contributed by atoms with Crippen LogP contribution in [0.15, 0.2) is 79.1 Å². The Morgan fingerprint density at radius 2 is 1.80 bits per heavy atom. The monoisotopic (exact) mass is 550 g/mol. The molecule has 2 saturated heterocycles. The topological polar surface area (TPSA) is 143 Å². The molecule has 206 valence electrons. The lowest BCUT2D eigenvalue weighted by atomic mass is 9.93. The molecule has 4 heterocycles. The Morgan fingerprint density at radius 3 is 2.54 bits per heavy atom. The average molecular weight is 551 g/mol. The number of ether oxygens (including phenoxy) is 1. The highest BCUT2D eigenvalue weighted by molar-refractivity contribution is 6.09. The first-order valence-corrected chi connectivity index (χ1v) is 13.0. The maximum atomic E-state index is 13.2. The number of hydrogen-bond acceptors (Lipinski definition) is 7. The molecule has 0 bridgehead atoms. The second kappa shape index (κ2) is 10.3. The number of rotatable bonds is 6. The van der Waals surface area contributed by atoms with Gasteiger partial charge in [0.05, 0.1) is 18.1 Å². The molecule has 2 aliphatic heterocycles. The summed E-state index contributed by atoms with van der Waals surface area (Å²) in [4.78, 5) is 61.2. The fraction of sp³-hybridized carbons (Fsp3) is 0.200. The maximum absolute atomic E-state index is 13.2. The number of amides is 5. The Kier molecular flexibility index (Phi) is 6.54. The Hall–Kier alpha value is -5.32. The number of likely N-dealkylation sites (tertiary alicyclic amines) is 1. The third kappa shape index (κ3) is 4.93. The normalized spacial score (nSPS) is 19.7. The van der Waals surface area contributed by atoms with Gasteiger partial charge in [-0.2, -0.15) is 0 Å². The standard InChI is InChI=1S/C30H26N6O5/c1-18-14-21(23-4-2-3-5-24(23)32-18)16-41-22-8-6-19(7-9-22)26(37)33-25-15-36(27(38)20-10-12-31-13-11-20)17-30(25)28(39)34-29(40)35-30/h2-14,25H,15-17H2,1H3,(H,33,37)(H2,34,35,39,40)/t25-,30+/m1/s1. The fourth-order valence-electron chi connectivity index (χ4n) is 5.33. The van der Waals surface area contributed by atoms with Crippen molar-refractivity contribution in [2.45, 2.75) is 25.1 Å². The lowest BCUT2D eigenvalue weighted by molar-refractivity contribution is -0.124. The second-order valence-electron chi connectivity index (χ2n) is 10.1. The van der Waals surface area contributed by atoms with Crippen molar-refractivity contribution in [3.63, 3.8) is 0 Å². The molecule has 11 heteroatoms. The molecule has 2 atom stereocenters. The number of nitrogens with one attached hydrogen (secondary N) is 3. The number of hydrogen-bond donors (Lipinski definition) is 3. The number of aromatic nitrogens is 2. The van der Waals surface area contributed by atoms with Crippen LogP contribution in [0.2, 0.25) is 0 Å². The Balaban J connectivity index is 1.16. The molecule has 5 amide bonds. The smallest absolute Gasteiger partial charge is 0.322 e. The summed E-state index contributed by atoms with van der Waals surface area (Å²) in [5.74, 6) is -0.811. The zero-order valence-corrected chi connectivity index (χ0v) is 22.1. The zero-order chi connectivity index (χ0) is 28.6. The average Bonchev–Trinajstić information content (AvgIpc) is 3.49. The van der Waals surface area contributed by atoms with Crippen LogP contribution in [0.5, 0.6) is 5.75 Å². The molecule has 2 aliphatic rings. The van der Waals surface area contributed by atoms with Gasteiger partial charge in [0.15, 0.2) is 5.54 Å². The van der Waals surface area contributed by atoms with Crippen LogP contribution in [-0.2, 0) is 11.4 Å². The van der Waals surface area contributed by atoms with Crippen molar-refractivity contribution >= 4 is 34.7 Å². The summed E-state index contributed by atoms with van der Waals surface area (Å²) >= 11 is 0. The van der Waals surface area contributed by atoms with Crippen molar-refractivity contribution in [1.29, 1.82) is 0 Å². The molecule has 0 saturated carbocycles. The van der Waals surface area contributed by atoms with E-state index in [1.807, 2.05) is 37.3 Å². The van der Waals surface area contributed by atoms with E-state index in [9.17, 15) is 19.2 Å². The minimum absolute atomic E-state index is 0.0289. The number of carbonyl (C=O) groups excluding carboxylic acids is 4. The van der Waals surface area contributed by atoms with Crippen LogP contribution in [0.25, 0.3) is 10.9 Å². The van der Waals surface area contributed by atoms with Crippen molar-refractivity contribution in [3.05, 3.63) is 102 Å². The summed E-state index contributed by atoms with van der Waals surface area (Å²) in [5.41, 5.74) is 2.04. The predicted octanol–water partition coefficient (Wildman–Crippen LogP) is 2.35. The highest BCUT2D eigenvalue weighted by atomic mass is 16.5. The minimum atomic E-state index is -1.48. The number of fused-ring (bicyclic) bond motifs is 1. The van der Waals surface area contributed by atoms with Crippen molar-refractivity contribution in [2.24, 2.45) is 0 Å². The molecule has 4 aromatic rings. The van der Waals surface area contributed by atoms with Gasteiger partial charge in [-0.1, -0.05) is 18.2 Å². The number of pyridine rings is 2. The summed E-state index contributed by atoms with van der Waals surface area (Å²) in [6, 6.07) is 18.1. The van der Waals surface area contributed by atoms with Crippen molar-refractivity contribution in [2.75, 3.05) is 13.1 Å². The summed E-state index contributed by atoms with van der Waals surface area (Å²) < 4.78 is 6.00. The third-order valence-electron chi connectivity index (χ3n) is 7.37. The van der Waals surface area contributed by atoms with Gasteiger partial charge in [-0.05, 0) is 55.5 Å². The van der Waals surface area contributed by atoms with Crippen molar-refractivity contribution in [1.82, 2.24) is 30.8 Å². The van der Waals surface area contributed by atoms with Crippen LogP contribution in [0.1, 0.15) is 32.0 Å². The number of imide groups is 1. The van der Waals surface area contributed by atoms with Crippen LogP contribution < -0.4 is 20.7 Å². The van der Waals surface area contributed by atoms with Crippen LogP contribution in [-0.4, -0.2) is 63.3 Å². The number of carbonyl (C=O) groups is 4. The van der Waals surface area contributed by atoms with E-state index < -0.39 is 29.4 Å². The first-order chi connectivity index (χ1) is 19.8.